The van der Waals surface area contributed by atoms with Gasteiger partial charge in [-0.15, -0.1) is 0 Å². The Morgan fingerprint density at radius 2 is 2.12 bits per heavy atom. The Kier molecular flexibility index (Phi) is 7.19. The monoisotopic (exact) mass is 462 g/mol. The maximum absolute atomic E-state index is 14.1. The van der Waals surface area contributed by atoms with Crippen molar-refractivity contribution in [2.75, 3.05) is 26.2 Å². The van der Waals surface area contributed by atoms with E-state index in [2.05, 4.69) is 16.3 Å². The molecule has 2 fully saturated rings. The van der Waals surface area contributed by atoms with Crippen LogP contribution >= 0.6 is 0 Å². The highest BCUT2D eigenvalue weighted by Gasteiger charge is 2.43. The van der Waals surface area contributed by atoms with Crippen molar-refractivity contribution < 1.29 is 22.6 Å². The summed E-state index contributed by atoms with van der Waals surface area (Å²) >= 11 is 0. The number of nitrogens with one attached hydrogen (secondary N) is 1. The van der Waals surface area contributed by atoms with Gasteiger partial charge < -0.3 is 19.7 Å². The highest BCUT2D eigenvalue weighted by atomic mass is 19.4. The fourth-order valence-electron chi connectivity index (χ4n) is 5.09. The van der Waals surface area contributed by atoms with E-state index >= 15 is 0 Å². The highest BCUT2D eigenvalue weighted by molar-refractivity contribution is 5.52. The summed E-state index contributed by atoms with van der Waals surface area (Å²) in [5.41, 5.74) is 2.01. The van der Waals surface area contributed by atoms with E-state index in [1.54, 1.807) is 39.0 Å². The summed E-state index contributed by atoms with van der Waals surface area (Å²) in [7, 11) is 0. The molecule has 0 aromatic rings. The lowest BCUT2D eigenvalue weighted by Gasteiger charge is -2.34. The van der Waals surface area contributed by atoms with E-state index in [9.17, 15) is 13.2 Å². The molecule has 3 heterocycles. The maximum Gasteiger partial charge on any atom is 0.416 e. The lowest BCUT2D eigenvalue weighted by atomic mass is 9.89. The van der Waals surface area contributed by atoms with Crippen LogP contribution in [-0.4, -0.2) is 55.6 Å². The fourth-order valence-corrected chi connectivity index (χ4v) is 5.09. The molecule has 0 spiro atoms. The third-order valence-corrected chi connectivity index (χ3v) is 6.36. The SMILES string of the molecule is C\C=C/C(=C\C(=C\C1=CC2C=C3C(=C1)C1CNCCC1N3CCCO2)C(F)(F)F)OC(C)C. The third kappa shape index (κ3) is 5.46. The summed E-state index contributed by atoms with van der Waals surface area (Å²) in [6.45, 7) is 8.65. The van der Waals surface area contributed by atoms with Crippen molar-refractivity contribution in [1.82, 2.24) is 10.2 Å². The molecule has 0 aromatic carbocycles. The zero-order chi connectivity index (χ0) is 23.6. The molecule has 4 rings (SSSR count). The number of nitrogens with zero attached hydrogens (tertiary/aromatic N) is 1. The third-order valence-electron chi connectivity index (χ3n) is 6.36. The summed E-state index contributed by atoms with van der Waals surface area (Å²) in [6, 6.07) is 0.397. The van der Waals surface area contributed by atoms with E-state index in [0.717, 1.165) is 49.8 Å². The van der Waals surface area contributed by atoms with Gasteiger partial charge in [0.15, 0.2) is 0 Å². The number of fused-ring (bicyclic) bond motifs is 4. The number of piperidine rings is 1. The fraction of sp³-hybridized carbons (Fsp3) is 0.538. The van der Waals surface area contributed by atoms with Gasteiger partial charge in [-0.1, -0.05) is 6.08 Å². The number of hydrogen-bond donors (Lipinski definition) is 1. The zero-order valence-electron chi connectivity index (χ0n) is 19.5. The van der Waals surface area contributed by atoms with Crippen LogP contribution in [0.4, 0.5) is 13.2 Å². The molecule has 4 nitrogen and oxygen atoms in total. The van der Waals surface area contributed by atoms with Crippen LogP contribution in [0.3, 0.4) is 0 Å². The predicted molar refractivity (Wildman–Crippen MR) is 123 cm³/mol. The molecule has 1 N–H and O–H groups in total. The number of hydrogen-bond acceptors (Lipinski definition) is 4. The van der Waals surface area contributed by atoms with Gasteiger partial charge in [-0.05, 0) is 87.8 Å². The Morgan fingerprint density at radius 3 is 2.85 bits per heavy atom. The summed E-state index contributed by atoms with van der Waals surface area (Å²) in [5, 5.41) is 3.46. The Morgan fingerprint density at radius 1 is 1.30 bits per heavy atom. The van der Waals surface area contributed by atoms with Gasteiger partial charge in [-0.25, -0.2) is 0 Å². The van der Waals surface area contributed by atoms with Gasteiger partial charge in [0.25, 0.3) is 0 Å². The first-order chi connectivity index (χ1) is 15.8. The van der Waals surface area contributed by atoms with Crippen LogP contribution in [0.1, 0.15) is 33.6 Å². The second kappa shape index (κ2) is 9.94. The molecule has 33 heavy (non-hydrogen) atoms. The first-order valence-corrected chi connectivity index (χ1v) is 11.8. The predicted octanol–water partition coefficient (Wildman–Crippen LogP) is 5.19. The van der Waals surface area contributed by atoms with Crippen LogP contribution in [0.25, 0.3) is 0 Å². The molecule has 0 amide bonds. The molecule has 2 saturated heterocycles. The van der Waals surface area contributed by atoms with E-state index in [1.165, 1.54) is 6.08 Å². The minimum atomic E-state index is -4.52. The van der Waals surface area contributed by atoms with Crippen LogP contribution in [-0.2, 0) is 9.47 Å². The molecule has 1 aliphatic carbocycles. The van der Waals surface area contributed by atoms with Gasteiger partial charge in [-0.3, -0.25) is 0 Å². The largest absolute Gasteiger partial charge is 0.491 e. The number of ether oxygens (including phenoxy) is 2. The molecule has 3 aliphatic heterocycles. The summed E-state index contributed by atoms with van der Waals surface area (Å²) in [6.07, 6.45) is 8.20. The summed E-state index contributed by atoms with van der Waals surface area (Å²) < 4.78 is 53.8. The normalized spacial score (nSPS) is 28.6. The lowest BCUT2D eigenvalue weighted by molar-refractivity contribution is -0.0885. The minimum absolute atomic E-state index is 0.186. The second-order valence-corrected chi connectivity index (χ2v) is 9.18. The average molecular weight is 463 g/mol. The number of allylic oxidation sites excluding steroid dienone is 8. The molecule has 4 aliphatic rings. The van der Waals surface area contributed by atoms with Crippen molar-refractivity contribution in [3.63, 3.8) is 0 Å². The topological polar surface area (TPSA) is 33.7 Å². The van der Waals surface area contributed by atoms with E-state index in [4.69, 9.17) is 9.47 Å². The Hall–Kier alpha value is -2.25. The Bertz CT molecular complexity index is 924. The molecule has 2 bridgehead atoms. The van der Waals surface area contributed by atoms with Crippen molar-refractivity contribution in [3.8, 4) is 0 Å². The smallest absolute Gasteiger partial charge is 0.416 e. The van der Waals surface area contributed by atoms with E-state index in [-0.39, 0.29) is 23.9 Å². The molecular weight excluding hydrogens is 429 g/mol. The summed E-state index contributed by atoms with van der Waals surface area (Å²) in [5.74, 6) is 0.456. The van der Waals surface area contributed by atoms with Gasteiger partial charge in [0, 0.05) is 37.4 Å². The van der Waals surface area contributed by atoms with Crippen molar-refractivity contribution in [1.29, 1.82) is 0 Å². The lowest BCUT2D eigenvalue weighted by Crippen LogP contribution is -2.44. The Balaban J connectivity index is 1.78. The van der Waals surface area contributed by atoms with Crippen LogP contribution < -0.4 is 5.32 Å². The molecule has 3 atom stereocenters. The molecule has 3 unspecified atom stereocenters. The van der Waals surface area contributed by atoms with E-state index in [0.29, 0.717) is 18.2 Å². The Labute approximate surface area is 194 Å². The minimum Gasteiger partial charge on any atom is -0.491 e. The molecule has 7 heteroatoms. The van der Waals surface area contributed by atoms with Crippen molar-refractivity contribution >= 4 is 0 Å². The number of alkyl halides is 3. The molecule has 0 radical (unpaired) electrons. The van der Waals surface area contributed by atoms with Crippen molar-refractivity contribution in [3.05, 3.63) is 70.7 Å². The van der Waals surface area contributed by atoms with Crippen LogP contribution in [0, 0.1) is 5.92 Å². The average Bonchev–Trinajstić information content (AvgIpc) is 2.87. The molecular formula is C26H33F3N2O2. The standard InChI is InChI=1S/C26H33F3N2O2/c1-4-6-20(33-17(2)3)14-19(26(27,28)29)11-18-12-21-15-25-22(13-18)23-16-30-8-7-24(23)31(25)9-5-10-32-21/h4,6,11-15,17,21,23-24,30H,5,7-10,16H2,1-3H3/b6-4-,19-11-,20-14+. The first kappa shape index (κ1) is 23.9. The first-order valence-electron chi connectivity index (χ1n) is 11.8. The summed E-state index contributed by atoms with van der Waals surface area (Å²) in [4.78, 5) is 2.46. The number of halogens is 3. The van der Waals surface area contributed by atoms with Crippen LogP contribution in [0.5, 0.6) is 0 Å². The number of rotatable bonds is 5. The van der Waals surface area contributed by atoms with E-state index in [1.807, 2.05) is 6.08 Å². The van der Waals surface area contributed by atoms with Crippen molar-refractivity contribution in [2.24, 2.45) is 5.92 Å². The van der Waals surface area contributed by atoms with Gasteiger partial charge in [0.05, 0.1) is 17.8 Å². The van der Waals surface area contributed by atoms with Gasteiger partial charge >= 0.3 is 6.18 Å². The molecule has 0 aromatic heterocycles. The zero-order valence-corrected chi connectivity index (χ0v) is 19.5. The van der Waals surface area contributed by atoms with Gasteiger partial charge in [-0.2, -0.15) is 13.2 Å². The quantitative estimate of drug-likeness (QED) is 0.450. The van der Waals surface area contributed by atoms with Gasteiger partial charge in [0.1, 0.15) is 5.76 Å². The maximum atomic E-state index is 14.1. The molecule has 0 saturated carbocycles. The van der Waals surface area contributed by atoms with Crippen LogP contribution in [0.2, 0.25) is 0 Å². The molecule has 180 valence electrons. The highest BCUT2D eigenvalue weighted by Crippen LogP contribution is 2.43. The second-order valence-electron chi connectivity index (χ2n) is 9.18. The van der Waals surface area contributed by atoms with Gasteiger partial charge in [0.2, 0.25) is 0 Å². The van der Waals surface area contributed by atoms with Crippen molar-refractivity contribution in [2.45, 2.75) is 58.0 Å². The van der Waals surface area contributed by atoms with Crippen LogP contribution in [0.15, 0.2) is 70.7 Å². The van der Waals surface area contributed by atoms with E-state index < -0.39 is 11.7 Å².